The number of rotatable bonds is 9. The molecule has 0 bridgehead atoms. The number of nitrogens with zero attached hydrogens (tertiary/aromatic N) is 2. The third-order valence-electron chi connectivity index (χ3n) is 5.80. The number of carbonyl (C=O) groups is 1. The first-order chi connectivity index (χ1) is 14.1. The molecule has 1 saturated carbocycles. The third kappa shape index (κ3) is 5.37. The number of hydrogen-bond donors (Lipinski definition) is 1. The smallest absolute Gasteiger partial charge is 0.317 e. The monoisotopic (exact) mass is 492 g/mol. The molecular weight excluding hydrogens is 464 g/mol. The van der Waals surface area contributed by atoms with Crippen molar-refractivity contribution in [2.24, 2.45) is 5.92 Å². The Kier molecular flexibility index (Phi) is 7.82. The molecule has 5 nitrogen and oxygen atoms in total. The fraction of sp³-hybridized carbons (Fsp3) is 0.478. The lowest BCUT2D eigenvalue weighted by molar-refractivity contribution is -0.705. The van der Waals surface area contributed by atoms with Crippen LogP contribution in [0.25, 0.3) is 0 Å². The highest BCUT2D eigenvalue weighted by Crippen LogP contribution is 2.45. The lowest BCUT2D eigenvalue weighted by Crippen LogP contribution is -3.00. The molecule has 0 radical (unpaired) electrons. The highest BCUT2D eigenvalue weighted by atomic mass is 79.9. The average molecular weight is 493 g/mol. The lowest BCUT2D eigenvalue weighted by Gasteiger charge is -2.30. The molecule has 1 aromatic carbocycles. The van der Waals surface area contributed by atoms with Crippen LogP contribution >= 0.6 is 11.8 Å². The van der Waals surface area contributed by atoms with Gasteiger partial charge in [-0.25, -0.2) is 9.13 Å². The second-order valence-electron chi connectivity index (χ2n) is 8.04. The topological polar surface area (TPSA) is 55.3 Å². The summed E-state index contributed by atoms with van der Waals surface area (Å²) in [4.78, 5) is 11.7. The van der Waals surface area contributed by atoms with Gasteiger partial charge in [-0.1, -0.05) is 48.2 Å². The number of aliphatic hydroxyl groups is 1. The number of hydrogen-bond acceptors (Lipinski definition) is 4. The number of carbonyl (C=O) groups excluding carboxylic acids is 1. The third-order valence-corrected chi connectivity index (χ3v) is 6.93. The van der Waals surface area contributed by atoms with Gasteiger partial charge in [-0.2, -0.15) is 0 Å². The van der Waals surface area contributed by atoms with Crippen molar-refractivity contribution in [1.29, 1.82) is 0 Å². The van der Waals surface area contributed by atoms with E-state index in [2.05, 4.69) is 28.5 Å². The summed E-state index contributed by atoms with van der Waals surface area (Å²) >= 11 is 1.29. The van der Waals surface area contributed by atoms with Crippen molar-refractivity contribution in [2.75, 3.05) is 6.61 Å². The molecule has 30 heavy (non-hydrogen) atoms. The Morgan fingerprint density at radius 1 is 1.37 bits per heavy atom. The van der Waals surface area contributed by atoms with Crippen molar-refractivity contribution in [3.05, 3.63) is 65.6 Å². The molecule has 1 aliphatic heterocycles. The Morgan fingerprint density at radius 3 is 2.80 bits per heavy atom. The maximum absolute atomic E-state index is 12.9. The van der Waals surface area contributed by atoms with Crippen molar-refractivity contribution in [3.63, 3.8) is 0 Å². The lowest BCUT2D eigenvalue weighted by atomic mass is 9.91. The van der Waals surface area contributed by atoms with Crippen LogP contribution in [0.4, 0.5) is 0 Å². The van der Waals surface area contributed by atoms with Crippen molar-refractivity contribution in [1.82, 2.24) is 4.57 Å². The molecular formula is C23H29BrN2O3S. The van der Waals surface area contributed by atoms with Crippen molar-refractivity contribution < 1.29 is 36.2 Å². The minimum absolute atomic E-state index is 0. The molecule has 0 saturated heterocycles. The summed E-state index contributed by atoms with van der Waals surface area (Å²) in [5.41, 5.74) is 0.790. The van der Waals surface area contributed by atoms with E-state index >= 15 is 0 Å². The second-order valence-corrected chi connectivity index (χ2v) is 9.25. The van der Waals surface area contributed by atoms with E-state index in [0.29, 0.717) is 13.0 Å². The van der Waals surface area contributed by atoms with Crippen LogP contribution in [0.2, 0.25) is 0 Å². The zero-order chi connectivity index (χ0) is 20.3. The van der Waals surface area contributed by atoms with Gasteiger partial charge in [-0.3, -0.25) is 4.79 Å². The Bertz CT molecular complexity index is 872. The molecule has 2 unspecified atom stereocenters. The summed E-state index contributed by atoms with van der Waals surface area (Å²) in [5, 5.41) is 12.9. The molecule has 4 rings (SSSR count). The molecule has 2 aromatic rings. The fourth-order valence-corrected chi connectivity index (χ4v) is 4.87. The summed E-state index contributed by atoms with van der Waals surface area (Å²) < 4.78 is 10.2. The zero-order valence-electron chi connectivity index (χ0n) is 17.2. The molecule has 2 aliphatic rings. The predicted molar refractivity (Wildman–Crippen MR) is 113 cm³/mol. The Balaban J connectivity index is 0.00000256. The molecule has 2 heterocycles. The Morgan fingerprint density at radius 2 is 2.13 bits per heavy atom. The van der Waals surface area contributed by atoms with E-state index < -0.39 is 10.9 Å². The number of benzene rings is 1. The average Bonchev–Trinajstić information content (AvgIpc) is 3.34. The number of imidazole rings is 1. The normalized spacial score (nSPS) is 21.3. The van der Waals surface area contributed by atoms with Gasteiger partial charge in [0.1, 0.15) is 23.2 Å². The predicted octanol–water partition coefficient (Wildman–Crippen LogP) is 0.554. The minimum Gasteiger partial charge on any atom is -1.00 e. The van der Waals surface area contributed by atoms with E-state index in [-0.39, 0.29) is 23.0 Å². The van der Waals surface area contributed by atoms with Gasteiger partial charge < -0.3 is 26.8 Å². The van der Waals surface area contributed by atoms with Gasteiger partial charge in [-0.05, 0) is 29.7 Å². The van der Waals surface area contributed by atoms with Crippen LogP contribution in [0.15, 0.2) is 54.2 Å². The summed E-state index contributed by atoms with van der Waals surface area (Å²) in [6.07, 6.45) is 10.0. The largest absolute Gasteiger partial charge is 1.00 e. The van der Waals surface area contributed by atoms with Crippen LogP contribution < -0.4 is 21.5 Å². The SMILES string of the molecule is Cc1n(CCCOC(=O)C(c2ccccc2)C2(O)CC=CS2)cc[n+]1CC1CC1.[Br-]. The number of thioether (sulfide) groups is 1. The van der Waals surface area contributed by atoms with E-state index in [4.69, 9.17) is 4.74 Å². The molecule has 2 atom stereocenters. The van der Waals surface area contributed by atoms with Gasteiger partial charge in [0.2, 0.25) is 0 Å². The van der Waals surface area contributed by atoms with E-state index in [1.807, 2.05) is 41.8 Å². The first-order valence-electron chi connectivity index (χ1n) is 10.4. The highest BCUT2D eigenvalue weighted by molar-refractivity contribution is 8.03. The molecule has 1 aliphatic carbocycles. The number of aromatic nitrogens is 2. The van der Waals surface area contributed by atoms with Crippen molar-refractivity contribution in [2.45, 2.75) is 56.5 Å². The molecule has 0 spiro atoms. The maximum atomic E-state index is 12.9. The molecule has 7 heteroatoms. The van der Waals surface area contributed by atoms with Crippen LogP contribution in [0.1, 0.15) is 43.0 Å². The van der Waals surface area contributed by atoms with Gasteiger partial charge in [0.05, 0.1) is 19.7 Å². The summed E-state index contributed by atoms with van der Waals surface area (Å²) in [6.45, 7) is 4.40. The first kappa shape index (κ1) is 23.1. The molecule has 1 aromatic heterocycles. The zero-order valence-corrected chi connectivity index (χ0v) is 19.6. The van der Waals surface area contributed by atoms with Gasteiger partial charge in [0.15, 0.2) is 0 Å². The van der Waals surface area contributed by atoms with Crippen LogP contribution in [0.5, 0.6) is 0 Å². The fourth-order valence-electron chi connectivity index (χ4n) is 3.88. The number of aryl methyl sites for hydroxylation is 1. The quantitative estimate of drug-likeness (QED) is 0.315. The first-order valence-corrected chi connectivity index (χ1v) is 11.3. The summed E-state index contributed by atoms with van der Waals surface area (Å²) in [6, 6.07) is 9.44. The van der Waals surface area contributed by atoms with Crippen LogP contribution in [-0.2, 0) is 22.6 Å². The number of halogens is 1. The number of esters is 1. The highest BCUT2D eigenvalue weighted by Gasteiger charge is 2.44. The van der Waals surface area contributed by atoms with E-state index in [1.165, 1.54) is 30.4 Å². The summed E-state index contributed by atoms with van der Waals surface area (Å²) in [5.74, 6) is 1.04. The van der Waals surface area contributed by atoms with Crippen molar-refractivity contribution >= 4 is 17.7 Å². The molecule has 1 fully saturated rings. The molecule has 162 valence electrons. The van der Waals surface area contributed by atoms with Gasteiger partial charge in [0.25, 0.3) is 5.82 Å². The molecule has 0 amide bonds. The summed E-state index contributed by atoms with van der Waals surface area (Å²) in [7, 11) is 0. The van der Waals surface area contributed by atoms with Crippen LogP contribution in [-0.4, -0.2) is 27.2 Å². The van der Waals surface area contributed by atoms with E-state index in [1.54, 1.807) is 0 Å². The van der Waals surface area contributed by atoms with Gasteiger partial charge in [0, 0.05) is 19.8 Å². The Labute approximate surface area is 192 Å². The van der Waals surface area contributed by atoms with Gasteiger partial charge >= 0.3 is 5.97 Å². The van der Waals surface area contributed by atoms with E-state index in [9.17, 15) is 9.90 Å². The van der Waals surface area contributed by atoms with Crippen LogP contribution in [0, 0.1) is 12.8 Å². The number of ether oxygens (including phenoxy) is 1. The molecule has 1 N–H and O–H groups in total. The van der Waals surface area contributed by atoms with Gasteiger partial charge in [-0.15, -0.1) is 0 Å². The second kappa shape index (κ2) is 10.2. The standard InChI is InChI=1S/C23H29N2O3S.BrH/c1-18-24(13-14-25(18)17-19-9-10-19)12-6-15-28-22(26)21(20-7-3-2-4-8-20)23(27)11-5-16-29-23;/h2-5,7-8,13-14,16,19,21,27H,6,9-12,15,17H2,1H3;1H/q+1;/p-1. The van der Waals surface area contributed by atoms with Crippen molar-refractivity contribution in [3.8, 4) is 0 Å². The Hall–Kier alpha value is -1.57. The minimum atomic E-state index is -1.18. The maximum Gasteiger partial charge on any atom is 0.317 e. The van der Waals surface area contributed by atoms with E-state index in [0.717, 1.165) is 31.0 Å². The van der Waals surface area contributed by atoms with Crippen LogP contribution in [0.3, 0.4) is 0 Å².